The van der Waals surface area contributed by atoms with E-state index in [1.54, 1.807) is 24.3 Å². The Labute approximate surface area is 180 Å². The van der Waals surface area contributed by atoms with Crippen LogP contribution in [0.2, 0.25) is 0 Å². The van der Waals surface area contributed by atoms with E-state index in [9.17, 15) is 19.7 Å². The molecule has 160 valence electrons. The summed E-state index contributed by atoms with van der Waals surface area (Å²) < 4.78 is 4.97. The second-order valence-electron chi connectivity index (χ2n) is 6.21. The average molecular weight is 442 g/mol. The number of hydrogen-bond donors (Lipinski definition) is 3. The van der Waals surface area contributed by atoms with Crippen LogP contribution in [0, 0.1) is 10.1 Å². The molecule has 0 bridgehead atoms. The van der Waals surface area contributed by atoms with Gasteiger partial charge in [0.2, 0.25) is 17.0 Å². The zero-order chi connectivity index (χ0) is 22.4. The zero-order valence-corrected chi connectivity index (χ0v) is 17.4. The van der Waals surface area contributed by atoms with E-state index in [0.717, 1.165) is 11.8 Å². The number of nitro benzene ring substituents is 1. The summed E-state index contributed by atoms with van der Waals surface area (Å²) in [5, 5.41) is 23.6. The van der Waals surface area contributed by atoms with Gasteiger partial charge in [-0.15, -0.1) is 5.10 Å². The molecule has 0 saturated heterocycles. The third kappa shape index (κ3) is 5.79. The van der Waals surface area contributed by atoms with E-state index in [0.29, 0.717) is 28.0 Å². The van der Waals surface area contributed by atoms with Crippen molar-refractivity contribution in [2.24, 2.45) is 0 Å². The quantitative estimate of drug-likeness (QED) is 0.273. The summed E-state index contributed by atoms with van der Waals surface area (Å²) >= 11 is 1.07. The average Bonchev–Trinajstić information content (AvgIpc) is 3.21. The first-order valence-electron chi connectivity index (χ1n) is 8.91. The van der Waals surface area contributed by atoms with Crippen molar-refractivity contribution in [2.45, 2.75) is 12.1 Å². The summed E-state index contributed by atoms with van der Waals surface area (Å²) in [7, 11) is 1.40. The number of thioether (sulfide) groups is 1. The lowest BCUT2D eigenvalue weighted by Crippen LogP contribution is -2.15. The Bertz CT molecular complexity index is 1130. The topological polar surface area (TPSA) is 152 Å². The highest BCUT2D eigenvalue weighted by Gasteiger charge is 2.18. The molecular formula is C19H18N6O5S. The largest absolute Gasteiger partial charge is 0.496 e. The Balaban J connectivity index is 1.63. The van der Waals surface area contributed by atoms with Crippen molar-refractivity contribution in [3.05, 3.63) is 52.6 Å². The van der Waals surface area contributed by atoms with Gasteiger partial charge in [-0.2, -0.15) is 0 Å². The van der Waals surface area contributed by atoms with Crippen LogP contribution < -0.4 is 15.4 Å². The van der Waals surface area contributed by atoms with E-state index < -0.39 is 10.8 Å². The second-order valence-corrected chi connectivity index (χ2v) is 7.15. The van der Waals surface area contributed by atoms with Gasteiger partial charge in [0.1, 0.15) is 11.4 Å². The molecule has 11 nitrogen and oxygen atoms in total. The number of carbonyl (C=O) groups is 2. The van der Waals surface area contributed by atoms with Crippen LogP contribution in [-0.4, -0.2) is 44.8 Å². The fourth-order valence-corrected chi connectivity index (χ4v) is 3.20. The lowest BCUT2D eigenvalue weighted by molar-refractivity contribution is -0.384. The van der Waals surface area contributed by atoms with Gasteiger partial charge < -0.3 is 15.4 Å². The molecule has 0 saturated carbocycles. The third-order valence-corrected chi connectivity index (χ3v) is 4.78. The van der Waals surface area contributed by atoms with Crippen LogP contribution >= 0.6 is 11.8 Å². The standard InChI is InChI=1S/C19H18N6O5S/c1-11(26)20-13-5-3-4-12(8-13)18-22-19(24-23-18)31-10-17(27)21-15-7-6-14(30-2)9-16(15)25(28)29/h3-9H,10H2,1-2H3,(H,20,26)(H,21,27)(H,22,23,24). The summed E-state index contributed by atoms with van der Waals surface area (Å²) in [4.78, 5) is 38.4. The van der Waals surface area contributed by atoms with E-state index in [1.165, 1.54) is 32.2 Å². The maximum absolute atomic E-state index is 12.2. The lowest BCUT2D eigenvalue weighted by atomic mass is 10.2. The molecule has 0 atom stereocenters. The molecular weight excluding hydrogens is 424 g/mol. The van der Waals surface area contributed by atoms with Gasteiger partial charge in [-0.3, -0.25) is 24.8 Å². The number of rotatable bonds is 8. The number of amides is 2. The van der Waals surface area contributed by atoms with Crippen LogP contribution in [0.15, 0.2) is 47.6 Å². The Hall–Kier alpha value is -3.93. The first kappa shape index (κ1) is 21.8. The third-order valence-electron chi connectivity index (χ3n) is 3.93. The maximum atomic E-state index is 12.2. The monoisotopic (exact) mass is 442 g/mol. The minimum Gasteiger partial charge on any atom is -0.496 e. The molecule has 2 amide bonds. The van der Waals surface area contributed by atoms with Gasteiger partial charge in [0.25, 0.3) is 5.69 Å². The van der Waals surface area contributed by atoms with E-state index in [4.69, 9.17) is 4.74 Å². The van der Waals surface area contributed by atoms with Crippen molar-refractivity contribution in [3.8, 4) is 17.1 Å². The molecule has 0 aliphatic carbocycles. The highest BCUT2D eigenvalue weighted by atomic mass is 32.2. The van der Waals surface area contributed by atoms with E-state index in [-0.39, 0.29) is 23.0 Å². The lowest BCUT2D eigenvalue weighted by Gasteiger charge is -2.06. The van der Waals surface area contributed by atoms with Crippen molar-refractivity contribution in [2.75, 3.05) is 23.5 Å². The van der Waals surface area contributed by atoms with Gasteiger partial charge in [0.05, 0.1) is 23.9 Å². The molecule has 0 unspecified atom stereocenters. The summed E-state index contributed by atoms with van der Waals surface area (Å²) in [6, 6.07) is 11.2. The number of hydrogen-bond acceptors (Lipinski definition) is 8. The number of aromatic amines is 1. The first-order chi connectivity index (χ1) is 14.9. The first-order valence-corrected chi connectivity index (χ1v) is 9.90. The molecule has 2 aromatic carbocycles. The number of nitrogens with zero attached hydrogens (tertiary/aromatic N) is 3. The molecule has 3 N–H and O–H groups in total. The van der Waals surface area contributed by atoms with Gasteiger partial charge in [-0.25, -0.2) is 4.98 Å². The molecule has 31 heavy (non-hydrogen) atoms. The van der Waals surface area contributed by atoms with E-state index in [1.807, 2.05) is 0 Å². The molecule has 0 fully saturated rings. The van der Waals surface area contributed by atoms with Crippen molar-refractivity contribution in [1.29, 1.82) is 0 Å². The molecule has 1 aromatic heterocycles. The molecule has 0 radical (unpaired) electrons. The molecule has 3 rings (SSSR count). The van der Waals surface area contributed by atoms with Crippen LogP contribution in [0.25, 0.3) is 11.4 Å². The Morgan fingerprint density at radius 1 is 1.23 bits per heavy atom. The molecule has 1 heterocycles. The molecule has 12 heteroatoms. The highest BCUT2D eigenvalue weighted by Crippen LogP contribution is 2.29. The highest BCUT2D eigenvalue weighted by molar-refractivity contribution is 7.99. The predicted molar refractivity (Wildman–Crippen MR) is 115 cm³/mol. The summed E-state index contributed by atoms with van der Waals surface area (Å²) in [6.45, 7) is 1.42. The summed E-state index contributed by atoms with van der Waals surface area (Å²) in [6.07, 6.45) is 0. The Morgan fingerprint density at radius 2 is 2.03 bits per heavy atom. The van der Waals surface area contributed by atoms with Crippen LogP contribution in [0.4, 0.5) is 17.1 Å². The Morgan fingerprint density at radius 3 is 2.74 bits per heavy atom. The normalized spacial score (nSPS) is 10.4. The van der Waals surface area contributed by atoms with Crippen LogP contribution in [-0.2, 0) is 9.59 Å². The number of ether oxygens (including phenoxy) is 1. The van der Waals surface area contributed by atoms with Crippen molar-refractivity contribution >= 4 is 40.6 Å². The van der Waals surface area contributed by atoms with Crippen molar-refractivity contribution in [3.63, 3.8) is 0 Å². The zero-order valence-electron chi connectivity index (χ0n) is 16.5. The van der Waals surface area contributed by atoms with Gasteiger partial charge in [-0.05, 0) is 24.3 Å². The molecule has 0 spiro atoms. The van der Waals surface area contributed by atoms with Gasteiger partial charge >= 0.3 is 0 Å². The molecule has 0 aliphatic heterocycles. The van der Waals surface area contributed by atoms with Crippen LogP contribution in [0.3, 0.4) is 0 Å². The summed E-state index contributed by atoms with van der Waals surface area (Å²) in [5.74, 6) is 0.106. The van der Waals surface area contributed by atoms with Gasteiger partial charge in [0.15, 0.2) is 5.82 Å². The van der Waals surface area contributed by atoms with Gasteiger partial charge in [-0.1, -0.05) is 23.9 Å². The van der Waals surface area contributed by atoms with Crippen molar-refractivity contribution in [1.82, 2.24) is 15.2 Å². The van der Waals surface area contributed by atoms with Crippen LogP contribution in [0.5, 0.6) is 5.75 Å². The smallest absolute Gasteiger partial charge is 0.296 e. The number of nitro groups is 1. The van der Waals surface area contributed by atoms with Gasteiger partial charge in [0, 0.05) is 18.2 Å². The number of H-pyrrole nitrogens is 1. The predicted octanol–water partition coefficient (Wildman–Crippen LogP) is 3.08. The second kappa shape index (κ2) is 9.71. The number of nitrogens with one attached hydrogen (secondary N) is 3. The van der Waals surface area contributed by atoms with Crippen LogP contribution in [0.1, 0.15) is 6.92 Å². The maximum Gasteiger partial charge on any atom is 0.296 e. The minimum absolute atomic E-state index is 0.0492. The molecule has 0 aliphatic rings. The number of methoxy groups -OCH3 is 1. The SMILES string of the molecule is COc1ccc(NC(=O)CSc2n[nH]c(-c3cccc(NC(C)=O)c3)n2)c([N+](=O)[O-])c1. The number of benzene rings is 2. The molecule has 3 aromatic rings. The van der Waals surface area contributed by atoms with E-state index in [2.05, 4.69) is 25.8 Å². The summed E-state index contributed by atoms with van der Waals surface area (Å²) in [5.41, 5.74) is 1.14. The number of carbonyl (C=O) groups excluding carboxylic acids is 2. The van der Waals surface area contributed by atoms with E-state index >= 15 is 0 Å². The number of aromatic nitrogens is 3. The minimum atomic E-state index is -0.595. The van der Waals surface area contributed by atoms with Crippen molar-refractivity contribution < 1.29 is 19.2 Å². The fourth-order valence-electron chi connectivity index (χ4n) is 2.60. The Kier molecular flexibility index (Phi) is 6.82. The fraction of sp³-hybridized carbons (Fsp3) is 0.158. The number of anilines is 2.